The first-order chi connectivity index (χ1) is 5.27. The molecule has 0 heterocycles. The second-order valence-corrected chi connectivity index (χ2v) is 3.99. The Morgan fingerprint density at radius 2 is 2.27 bits per heavy atom. The topological polar surface area (TPSA) is 20.2 Å². The third kappa shape index (κ3) is 1.16. The summed E-state index contributed by atoms with van der Waals surface area (Å²) in [5, 5.41) is 9.19. The van der Waals surface area contributed by atoms with E-state index in [9.17, 15) is 5.11 Å². The molecule has 1 aliphatic carbocycles. The van der Waals surface area contributed by atoms with E-state index < -0.39 is 0 Å². The molecular formula is C9H9BrO. The molecule has 0 spiro atoms. The van der Waals surface area contributed by atoms with Crippen molar-refractivity contribution in [2.24, 2.45) is 0 Å². The zero-order valence-corrected chi connectivity index (χ0v) is 7.63. The van der Waals surface area contributed by atoms with Crippen LogP contribution in [0.25, 0.3) is 0 Å². The van der Waals surface area contributed by atoms with Gasteiger partial charge in [0.05, 0.1) is 0 Å². The summed E-state index contributed by atoms with van der Waals surface area (Å²) in [6.07, 6.45) is 2.28. The van der Waals surface area contributed by atoms with Crippen molar-refractivity contribution in [3.05, 3.63) is 29.3 Å². The average molecular weight is 213 g/mol. The van der Waals surface area contributed by atoms with Gasteiger partial charge in [0.25, 0.3) is 0 Å². The van der Waals surface area contributed by atoms with Crippen LogP contribution in [0.5, 0.6) is 5.75 Å². The summed E-state index contributed by atoms with van der Waals surface area (Å²) in [6, 6.07) is 5.61. The average Bonchev–Trinajstić information content (AvgIpc) is 2.33. The minimum Gasteiger partial charge on any atom is -0.508 e. The highest BCUT2D eigenvalue weighted by molar-refractivity contribution is 9.09. The van der Waals surface area contributed by atoms with Crippen LogP contribution in [0.15, 0.2) is 18.2 Å². The van der Waals surface area contributed by atoms with E-state index in [-0.39, 0.29) is 0 Å². The quantitative estimate of drug-likeness (QED) is 0.657. The summed E-state index contributed by atoms with van der Waals surface area (Å²) < 4.78 is 0. The number of phenolic OH excluding ortho intramolecular Hbond substituents is 1. The van der Waals surface area contributed by atoms with Gasteiger partial charge in [-0.05, 0) is 36.1 Å². The van der Waals surface area contributed by atoms with Gasteiger partial charge in [-0.3, -0.25) is 0 Å². The van der Waals surface area contributed by atoms with E-state index in [1.54, 1.807) is 6.07 Å². The molecule has 0 unspecified atom stereocenters. The molecule has 0 saturated carbocycles. The molecule has 0 fully saturated rings. The lowest BCUT2D eigenvalue weighted by atomic mass is 10.1. The number of benzene rings is 1. The second-order valence-electron chi connectivity index (χ2n) is 2.89. The summed E-state index contributed by atoms with van der Waals surface area (Å²) in [6.45, 7) is 0. The van der Waals surface area contributed by atoms with Crippen LogP contribution in [0, 0.1) is 0 Å². The molecule has 1 aliphatic rings. The summed E-state index contributed by atoms with van der Waals surface area (Å²) in [7, 11) is 0. The van der Waals surface area contributed by atoms with Crippen LogP contribution in [-0.2, 0) is 6.42 Å². The summed E-state index contributed by atoms with van der Waals surface area (Å²) >= 11 is 3.56. The van der Waals surface area contributed by atoms with Crippen LogP contribution < -0.4 is 0 Å². The van der Waals surface area contributed by atoms with Crippen molar-refractivity contribution >= 4 is 15.9 Å². The lowest BCUT2D eigenvalue weighted by molar-refractivity contribution is 0.474. The monoisotopic (exact) mass is 212 g/mol. The number of phenols is 1. The molecule has 0 bridgehead atoms. The van der Waals surface area contributed by atoms with Crippen LogP contribution in [0.1, 0.15) is 22.4 Å². The molecule has 0 radical (unpaired) electrons. The predicted molar refractivity (Wildman–Crippen MR) is 48.1 cm³/mol. The van der Waals surface area contributed by atoms with Crippen LogP contribution in [0.4, 0.5) is 0 Å². The fourth-order valence-corrected chi connectivity index (χ4v) is 2.19. The van der Waals surface area contributed by atoms with Gasteiger partial charge in [-0.1, -0.05) is 22.0 Å². The van der Waals surface area contributed by atoms with Crippen LogP contribution in [0.3, 0.4) is 0 Å². The Morgan fingerprint density at radius 1 is 1.45 bits per heavy atom. The second kappa shape index (κ2) is 2.52. The third-order valence-corrected chi connectivity index (χ3v) is 3.09. The molecule has 1 aromatic carbocycles. The molecule has 0 saturated heterocycles. The van der Waals surface area contributed by atoms with Gasteiger partial charge in [-0.15, -0.1) is 0 Å². The molecule has 0 amide bonds. The van der Waals surface area contributed by atoms with Crippen molar-refractivity contribution in [2.45, 2.75) is 17.7 Å². The van der Waals surface area contributed by atoms with Gasteiger partial charge in [-0.2, -0.15) is 0 Å². The molecule has 0 aliphatic heterocycles. The maximum Gasteiger partial charge on any atom is 0.115 e. The first-order valence-corrected chi connectivity index (χ1v) is 4.65. The first kappa shape index (κ1) is 7.17. The fourth-order valence-electron chi connectivity index (χ4n) is 1.54. The van der Waals surface area contributed by atoms with E-state index in [2.05, 4.69) is 15.9 Å². The standard InChI is InChI=1S/C9H9BrO/c10-9-4-2-6-1-3-7(11)5-8(6)9/h1,3,5,9,11H,2,4H2/t9-/m0/s1. The van der Waals surface area contributed by atoms with Gasteiger partial charge in [0.2, 0.25) is 0 Å². The summed E-state index contributed by atoms with van der Waals surface area (Å²) in [4.78, 5) is 0.449. The highest BCUT2D eigenvalue weighted by Gasteiger charge is 2.19. The molecule has 1 atom stereocenters. The van der Waals surface area contributed by atoms with Crippen LogP contribution in [-0.4, -0.2) is 5.11 Å². The van der Waals surface area contributed by atoms with Gasteiger partial charge in [0.1, 0.15) is 5.75 Å². The lowest BCUT2D eigenvalue weighted by Crippen LogP contribution is -1.81. The minimum atomic E-state index is 0.370. The first-order valence-electron chi connectivity index (χ1n) is 3.73. The Labute approximate surface area is 74.2 Å². The Bertz CT molecular complexity index is 283. The number of hydrogen-bond acceptors (Lipinski definition) is 1. The number of rotatable bonds is 0. The highest BCUT2D eigenvalue weighted by atomic mass is 79.9. The summed E-state index contributed by atoms with van der Waals surface area (Å²) in [5.41, 5.74) is 2.62. The summed E-state index contributed by atoms with van der Waals surface area (Å²) in [5.74, 6) is 0.370. The maximum atomic E-state index is 9.19. The largest absolute Gasteiger partial charge is 0.508 e. The fraction of sp³-hybridized carbons (Fsp3) is 0.333. The van der Waals surface area contributed by atoms with E-state index in [0.29, 0.717) is 10.6 Å². The van der Waals surface area contributed by atoms with E-state index in [1.807, 2.05) is 12.1 Å². The van der Waals surface area contributed by atoms with Crippen molar-refractivity contribution < 1.29 is 5.11 Å². The molecule has 1 aromatic rings. The van der Waals surface area contributed by atoms with Crippen LogP contribution >= 0.6 is 15.9 Å². The normalized spacial score (nSPS) is 21.7. The van der Waals surface area contributed by atoms with Gasteiger partial charge in [0.15, 0.2) is 0 Å². The predicted octanol–water partition coefficient (Wildman–Crippen LogP) is 2.77. The van der Waals surface area contributed by atoms with E-state index in [4.69, 9.17) is 0 Å². The number of fused-ring (bicyclic) bond motifs is 1. The molecule has 1 nitrogen and oxygen atoms in total. The molecule has 58 valence electrons. The van der Waals surface area contributed by atoms with Crippen molar-refractivity contribution in [3.8, 4) is 5.75 Å². The third-order valence-electron chi connectivity index (χ3n) is 2.13. The van der Waals surface area contributed by atoms with Gasteiger partial charge in [0, 0.05) is 4.83 Å². The van der Waals surface area contributed by atoms with Crippen molar-refractivity contribution in [1.29, 1.82) is 0 Å². The Balaban J connectivity index is 2.52. The zero-order chi connectivity index (χ0) is 7.84. The van der Waals surface area contributed by atoms with Crippen LogP contribution in [0.2, 0.25) is 0 Å². The lowest BCUT2D eigenvalue weighted by Gasteiger charge is -2.02. The molecule has 1 N–H and O–H groups in total. The maximum absolute atomic E-state index is 9.19. The smallest absolute Gasteiger partial charge is 0.115 e. The van der Waals surface area contributed by atoms with Gasteiger partial charge < -0.3 is 5.11 Å². The minimum absolute atomic E-state index is 0.370. The van der Waals surface area contributed by atoms with E-state index >= 15 is 0 Å². The number of halogens is 1. The molecule has 0 aromatic heterocycles. The molecule has 2 rings (SSSR count). The Morgan fingerprint density at radius 3 is 3.09 bits per heavy atom. The van der Waals surface area contributed by atoms with Crippen molar-refractivity contribution in [3.63, 3.8) is 0 Å². The van der Waals surface area contributed by atoms with E-state index in [1.165, 1.54) is 11.1 Å². The SMILES string of the molecule is Oc1ccc2c(c1)[C@@H](Br)CC2. The Kier molecular flexibility index (Phi) is 1.64. The van der Waals surface area contributed by atoms with Crippen molar-refractivity contribution in [2.75, 3.05) is 0 Å². The van der Waals surface area contributed by atoms with E-state index in [0.717, 1.165) is 12.8 Å². The number of aromatic hydroxyl groups is 1. The molecule has 11 heavy (non-hydrogen) atoms. The number of alkyl halides is 1. The Hall–Kier alpha value is -0.500. The number of aryl methyl sites for hydroxylation is 1. The number of hydrogen-bond donors (Lipinski definition) is 1. The van der Waals surface area contributed by atoms with Crippen molar-refractivity contribution in [1.82, 2.24) is 0 Å². The van der Waals surface area contributed by atoms with Gasteiger partial charge >= 0.3 is 0 Å². The zero-order valence-electron chi connectivity index (χ0n) is 6.05. The van der Waals surface area contributed by atoms with Gasteiger partial charge in [-0.25, -0.2) is 0 Å². The molecular weight excluding hydrogens is 204 g/mol. The molecule has 2 heteroatoms. The highest BCUT2D eigenvalue weighted by Crippen LogP contribution is 2.38.